The number of amides is 2. The van der Waals surface area contributed by atoms with Crippen LogP contribution in [0.4, 0.5) is 11.4 Å². The second-order valence-corrected chi connectivity index (χ2v) is 10.3. The molecule has 204 valence electrons. The maximum Gasteiger partial charge on any atom is 0.254 e. The van der Waals surface area contributed by atoms with Gasteiger partial charge in [-0.15, -0.1) is 0 Å². The predicted molar refractivity (Wildman–Crippen MR) is 158 cm³/mol. The zero-order valence-electron chi connectivity index (χ0n) is 22.0. The summed E-state index contributed by atoms with van der Waals surface area (Å²) >= 11 is 7.33. The predicted octanol–water partition coefficient (Wildman–Crippen LogP) is 6.07. The number of allylic oxidation sites excluding steroid dienone is 2. The van der Waals surface area contributed by atoms with Crippen molar-refractivity contribution in [3.05, 3.63) is 105 Å². The Morgan fingerprint density at radius 2 is 1.85 bits per heavy atom. The molecule has 0 saturated heterocycles. The maximum absolute atomic E-state index is 13.6. The van der Waals surface area contributed by atoms with E-state index in [9.17, 15) is 20.0 Å². The van der Waals surface area contributed by atoms with Crippen molar-refractivity contribution in [1.29, 1.82) is 5.26 Å². The Bertz CT molecular complexity index is 1560. The van der Waals surface area contributed by atoms with Gasteiger partial charge in [0.1, 0.15) is 0 Å². The Morgan fingerprint density at radius 1 is 1.10 bits per heavy atom. The number of nitriles is 1. The van der Waals surface area contributed by atoms with E-state index >= 15 is 0 Å². The van der Waals surface area contributed by atoms with Crippen molar-refractivity contribution in [2.75, 3.05) is 23.5 Å². The van der Waals surface area contributed by atoms with Gasteiger partial charge in [-0.25, -0.2) is 0 Å². The SMILES string of the molecule is COc1cc([C@H]2C(C#N)=C(SCC(=O)Nc3cccc(Cl)c3C)NC(C)=C2C(=O)Nc2ccccc2)ccc1O. The lowest BCUT2D eigenvalue weighted by Gasteiger charge is -2.30. The number of ether oxygens (including phenoxy) is 1. The standard InChI is InChI=1S/C30H27ClN4O4S/c1-17-22(31)10-7-11-23(17)35-26(37)16-40-30-21(15-32)28(19-12-13-24(36)25(14-19)39-3)27(18(2)33-30)29(38)34-20-8-5-4-6-9-20/h4-14,28,33,36H,16H2,1-3H3,(H,34,38)(H,35,37)/t28-/m0/s1. The van der Waals surface area contributed by atoms with Gasteiger partial charge in [0.05, 0.1) is 35.5 Å². The van der Waals surface area contributed by atoms with E-state index in [1.165, 1.54) is 13.2 Å². The van der Waals surface area contributed by atoms with E-state index in [1.807, 2.05) is 25.1 Å². The van der Waals surface area contributed by atoms with E-state index < -0.39 is 5.92 Å². The molecule has 40 heavy (non-hydrogen) atoms. The van der Waals surface area contributed by atoms with Crippen molar-refractivity contribution in [1.82, 2.24) is 5.32 Å². The third-order valence-electron chi connectivity index (χ3n) is 6.35. The summed E-state index contributed by atoms with van der Waals surface area (Å²) in [7, 11) is 1.42. The van der Waals surface area contributed by atoms with Gasteiger partial charge >= 0.3 is 0 Å². The molecule has 3 aromatic rings. The number of hydrogen-bond donors (Lipinski definition) is 4. The Labute approximate surface area is 241 Å². The topological polar surface area (TPSA) is 123 Å². The molecule has 1 aliphatic rings. The smallest absolute Gasteiger partial charge is 0.254 e. The first-order valence-electron chi connectivity index (χ1n) is 12.3. The monoisotopic (exact) mass is 574 g/mol. The van der Waals surface area contributed by atoms with Crippen LogP contribution in [0.25, 0.3) is 0 Å². The highest BCUT2D eigenvalue weighted by Crippen LogP contribution is 2.43. The van der Waals surface area contributed by atoms with Crippen LogP contribution < -0.4 is 20.7 Å². The summed E-state index contributed by atoms with van der Waals surface area (Å²) in [6.07, 6.45) is 0. The second kappa shape index (κ2) is 12.6. The normalized spacial score (nSPS) is 14.7. The third-order valence-corrected chi connectivity index (χ3v) is 7.78. The molecule has 1 heterocycles. The Balaban J connectivity index is 1.67. The number of thioether (sulfide) groups is 1. The summed E-state index contributed by atoms with van der Waals surface area (Å²) in [5.74, 6) is -1.31. The fraction of sp³-hybridized carbons (Fsp3) is 0.167. The first-order valence-corrected chi connectivity index (χ1v) is 13.6. The number of aromatic hydroxyl groups is 1. The van der Waals surface area contributed by atoms with Crippen LogP contribution in [0.3, 0.4) is 0 Å². The Kier molecular flexibility index (Phi) is 9.04. The molecule has 2 amide bonds. The molecule has 1 aliphatic heterocycles. The average molecular weight is 575 g/mol. The minimum absolute atomic E-state index is 0.00388. The number of nitrogens with one attached hydrogen (secondary N) is 3. The van der Waals surface area contributed by atoms with Crippen molar-refractivity contribution in [3.8, 4) is 17.6 Å². The molecule has 0 spiro atoms. The lowest BCUT2D eigenvalue weighted by Crippen LogP contribution is -2.31. The molecule has 0 unspecified atom stereocenters. The van der Waals surface area contributed by atoms with Crippen LogP contribution in [-0.4, -0.2) is 29.8 Å². The largest absolute Gasteiger partial charge is 0.504 e. The zero-order chi connectivity index (χ0) is 28.8. The molecular formula is C30H27ClN4O4S. The maximum atomic E-state index is 13.6. The number of rotatable bonds is 8. The molecule has 0 fully saturated rings. The molecule has 0 radical (unpaired) electrons. The summed E-state index contributed by atoms with van der Waals surface area (Å²) in [4.78, 5) is 26.4. The van der Waals surface area contributed by atoms with E-state index in [1.54, 1.807) is 49.4 Å². The zero-order valence-corrected chi connectivity index (χ0v) is 23.6. The first-order chi connectivity index (χ1) is 19.2. The number of dihydropyridines is 1. The molecule has 4 N–H and O–H groups in total. The molecule has 0 saturated carbocycles. The van der Waals surface area contributed by atoms with E-state index in [4.69, 9.17) is 16.3 Å². The van der Waals surface area contributed by atoms with Gasteiger partial charge < -0.3 is 25.8 Å². The van der Waals surface area contributed by atoms with Crippen LogP contribution in [-0.2, 0) is 9.59 Å². The number of halogens is 1. The molecule has 0 aliphatic carbocycles. The highest BCUT2D eigenvalue weighted by atomic mass is 35.5. The number of carbonyl (C=O) groups is 2. The fourth-order valence-electron chi connectivity index (χ4n) is 4.32. The number of carbonyl (C=O) groups excluding carboxylic acids is 2. The van der Waals surface area contributed by atoms with E-state index in [0.717, 1.165) is 17.3 Å². The third kappa shape index (κ3) is 6.25. The Morgan fingerprint density at radius 3 is 2.55 bits per heavy atom. The van der Waals surface area contributed by atoms with Gasteiger partial charge in [-0.3, -0.25) is 9.59 Å². The van der Waals surface area contributed by atoms with Crippen LogP contribution in [0.1, 0.15) is 24.0 Å². The van der Waals surface area contributed by atoms with Gasteiger partial charge in [-0.2, -0.15) is 5.26 Å². The van der Waals surface area contributed by atoms with Crippen molar-refractivity contribution >= 4 is 46.6 Å². The van der Waals surface area contributed by atoms with Gasteiger partial charge in [0.15, 0.2) is 11.5 Å². The molecule has 0 bridgehead atoms. The van der Waals surface area contributed by atoms with Crippen molar-refractivity contribution in [2.45, 2.75) is 19.8 Å². The molecule has 3 aromatic carbocycles. The number of methoxy groups -OCH3 is 1. The number of anilines is 2. The van der Waals surface area contributed by atoms with E-state index in [0.29, 0.717) is 38.3 Å². The highest BCUT2D eigenvalue weighted by molar-refractivity contribution is 8.03. The van der Waals surface area contributed by atoms with Crippen LogP contribution in [0.5, 0.6) is 11.5 Å². The fourth-order valence-corrected chi connectivity index (χ4v) is 5.39. The van der Waals surface area contributed by atoms with Gasteiger partial charge in [0.25, 0.3) is 5.91 Å². The molecule has 8 nitrogen and oxygen atoms in total. The molecule has 10 heteroatoms. The van der Waals surface area contributed by atoms with Crippen molar-refractivity contribution in [3.63, 3.8) is 0 Å². The van der Waals surface area contributed by atoms with Crippen LogP contribution >= 0.6 is 23.4 Å². The van der Waals surface area contributed by atoms with E-state index in [2.05, 4.69) is 22.0 Å². The summed E-state index contributed by atoms with van der Waals surface area (Å²) in [6.45, 7) is 3.56. The molecule has 4 rings (SSSR count). The van der Waals surface area contributed by atoms with Gasteiger partial charge in [0.2, 0.25) is 5.91 Å². The summed E-state index contributed by atoms with van der Waals surface area (Å²) < 4.78 is 5.30. The number of phenols is 1. The van der Waals surface area contributed by atoms with Crippen molar-refractivity contribution in [2.24, 2.45) is 0 Å². The lowest BCUT2D eigenvalue weighted by molar-refractivity contribution is -0.114. The summed E-state index contributed by atoms with van der Waals surface area (Å²) in [5.41, 5.74) is 3.65. The first kappa shape index (κ1) is 28.6. The minimum atomic E-state index is -0.787. The van der Waals surface area contributed by atoms with Crippen LogP contribution in [0.2, 0.25) is 5.02 Å². The van der Waals surface area contributed by atoms with E-state index in [-0.39, 0.29) is 34.6 Å². The summed E-state index contributed by atoms with van der Waals surface area (Å²) in [6, 6.07) is 21.2. The Hall–Kier alpha value is -4.39. The number of benzene rings is 3. The lowest BCUT2D eigenvalue weighted by atomic mass is 9.82. The quantitative estimate of drug-likeness (QED) is 0.257. The second-order valence-electron chi connectivity index (χ2n) is 8.95. The highest BCUT2D eigenvalue weighted by Gasteiger charge is 2.35. The molecule has 1 atom stereocenters. The number of hydrogen-bond acceptors (Lipinski definition) is 7. The van der Waals surface area contributed by atoms with Gasteiger partial charge in [0, 0.05) is 27.7 Å². The van der Waals surface area contributed by atoms with Crippen molar-refractivity contribution < 1.29 is 19.4 Å². The van der Waals surface area contributed by atoms with Gasteiger partial charge in [-0.1, -0.05) is 53.7 Å². The average Bonchev–Trinajstić information content (AvgIpc) is 2.94. The number of nitrogens with zero attached hydrogens (tertiary/aromatic N) is 1. The summed E-state index contributed by atoms with van der Waals surface area (Å²) in [5, 5.41) is 30.4. The molecular weight excluding hydrogens is 548 g/mol. The number of para-hydroxylation sites is 1. The molecule has 0 aromatic heterocycles. The van der Waals surface area contributed by atoms with Gasteiger partial charge in [-0.05, 0) is 61.4 Å². The van der Waals surface area contributed by atoms with Crippen LogP contribution in [0.15, 0.2) is 88.6 Å². The minimum Gasteiger partial charge on any atom is -0.504 e. The van der Waals surface area contributed by atoms with Crippen LogP contribution in [0, 0.1) is 18.3 Å². The number of phenolic OH excluding ortho intramolecular Hbond substituents is 1.